The molecule has 0 aliphatic heterocycles. The number of nitrogens with zero attached hydrogens (tertiary/aromatic N) is 1. The zero-order valence-corrected chi connectivity index (χ0v) is 20.9. The highest BCUT2D eigenvalue weighted by Crippen LogP contribution is 2.18. The predicted octanol–water partition coefficient (Wildman–Crippen LogP) is 5.33. The molecule has 0 aromatic carbocycles. The van der Waals surface area contributed by atoms with Crippen LogP contribution in [0.25, 0.3) is 0 Å². The Balaban J connectivity index is 2.18. The zero-order valence-electron chi connectivity index (χ0n) is 20.1. The van der Waals surface area contributed by atoms with Gasteiger partial charge in [-0.2, -0.15) is 0 Å². The Morgan fingerprint density at radius 3 is 1.85 bits per heavy atom. The summed E-state index contributed by atoms with van der Waals surface area (Å²) in [5.74, 6) is -2.40. The van der Waals surface area contributed by atoms with Gasteiger partial charge in [-0.1, -0.05) is 90.4 Å². The number of methoxy groups -OCH3 is 1. The Hall–Kier alpha value is -2.16. The number of hydrogen-bond acceptors (Lipinski definition) is 6. The van der Waals surface area contributed by atoms with Crippen LogP contribution in [-0.4, -0.2) is 43.2 Å². The number of ether oxygens (including phenoxy) is 1. The number of aromatic carboxylic acids is 1. The van der Waals surface area contributed by atoms with E-state index in [0.29, 0.717) is 6.42 Å². The molecule has 0 aliphatic carbocycles. The molecule has 0 spiro atoms. The Kier molecular flexibility index (Phi) is 14.4. The molecular weight excluding hydrogens is 444 g/mol. The quantitative estimate of drug-likeness (QED) is 0.254. The van der Waals surface area contributed by atoms with Crippen LogP contribution in [0.15, 0.2) is 12.3 Å². The lowest BCUT2D eigenvalue weighted by molar-refractivity contribution is 0.0685. The first kappa shape index (κ1) is 28.9. The summed E-state index contributed by atoms with van der Waals surface area (Å²) in [7, 11) is -2.53. The molecule has 0 aliphatic rings. The number of amides is 1. The molecule has 1 aromatic heterocycles. The van der Waals surface area contributed by atoms with E-state index in [1.54, 1.807) is 0 Å². The average Bonchev–Trinajstić information content (AvgIpc) is 2.78. The number of carboxylic acids is 1. The van der Waals surface area contributed by atoms with Crippen molar-refractivity contribution in [3.05, 3.63) is 23.5 Å². The lowest BCUT2D eigenvalue weighted by Gasteiger charge is -2.09. The smallest absolute Gasteiger partial charge is 0.358 e. The number of aromatic nitrogens is 1. The molecular formula is C24H40N2O6S. The lowest BCUT2D eigenvalue weighted by atomic mass is 10.0. The van der Waals surface area contributed by atoms with Gasteiger partial charge in [0.05, 0.1) is 18.4 Å². The molecule has 33 heavy (non-hydrogen) atoms. The third-order valence-electron chi connectivity index (χ3n) is 5.55. The first-order valence-electron chi connectivity index (χ1n) is 12.1. The maximum atomic E-state index is 12.2. The summed E-state index contributed by atoms with van der Waals surface area (Å²) in [4.78, 5) is 26.9. The van der Waals surface area contributed by atoms with Crippen LogP contribution in [0.4, 0.5) is 0 Å². The summed E-state index contributed by atoms with van der Waals surface area (Å²) >= 11 is 0. The minimum atomic E-state index is -3.78. The van der Waals surface area contributed by atoms with Crippen molar-refractivity contribution >= 4 is 21.9 Å². The number of carboxylic acid groups (broad SMARTS) is 1. The highest BCUT2D eigenvalue weighted by Gasteiger charge is 2.20. The fourth-order valence-electron chi connectivity index (χ4n) is 3.62. The van der Waals surface area contributed by atoms with Crippen molar-refractivity contribution in [3.63, 3.8) is 0 Å². The number of sulfonamides is 1. The normalized spacial score (nSPS) is 11.3. The van der Waals surface area contributed by atoms with Crippen molar-refractivity contribution in [1.82, 2.24) is 9.71 Å². The number of carbonyl (C=O) groups is 2. The fourth-order valence-corrected chi connectivity index (χ4v) is 4.71. The minimum Gasteiger partial charge on any atom is -0.494 e. The van der Waals surface area contributed by atoms with Crippen LogP contribution in [0, 0.1) is 0 Å². The fraction of sp³-hybridized carbons (Fsp3) is 0.708. The molecule has 0 atom stereocenters. The third-order valence-corrected chi connectivity index (χ3v) is 6.87. The maximum Gasteiger partial charge on any atom is 0.358 e. The van der Waals surface area contributed by atoms with Gasteiger partial charge in [-0.05, 0) is 12.5 Å². The summed E-state index contributed by atoms with van der Waals surface area (Å²) in [6, 6.07) is 1.16. The molecule has 0 radical (unpaired) electrons. The second-order valence-electron chi connectivity index (χ2n) is 8.43. The van der Waals surface area contributed by atoms with Crippen LogP contribution in [0.5, 0.6) is 5.75 Å². The molecule has 2 N–H and O–H groups in total. The largest absolute Gasteiger partial charge is 0.494 e. The van der Waals surface area contributed by atoms with Crippen LogP contribution in [0.1, 0.15) is 118 Å². The molecule has 9 heteroatoms. The summed E-state index contributed by atoms with van der Waals surface area (Å²) in [6.45, 7) is 2.24. The van der Waals surface area contributed by atoms with Crippen molar-refractivity contribution < 1.29 is 27.9 Å². The van der Waals surface area contributed by atoms with E-state index in [1.807, 2.05) is 4.72 Å². The van der Waals surface area contributed by atoms with E-state index in [9.17, 15) is 18.0 Å². The molecule has 0 saturated carbocycles. The second-order valence-corrected chi connectivity index (χ2v) is 10.3. The number of rotatable bonds is 19. The van der Waals surface area contributed by atoms with Crippen LogP contribution < -0.4 is 9.46 Å². The van der Waals surface area contributed by atoms with Gasteiger partial charge in [0.15, 0.2) is 11.4 Å². The predicted molar refractivity (Wildman–Crippen MR) is 129 cm³/mol. The summed E-state index contributed by atoms with van der Waals surface area (Å²) in [5.41, 5.74) is -0.430. The molecule has 0 saturated heterocycles. The first-order valence-corrected chi connectivity index (χ1v) is 13.8. The number of pyridine rings is 1. The molecule has 1 aromatic rings. The zero-order chi connectivity index (χ0) is 24.5. The Bertz CT molecular complexity index is 826. The van der Waals surface area contributed by atoms with Crippen LogP contribution in [-0.2, 0) is 10.0 Å². The van der Waals surface area contributed by atoms with Crippen LogP contribution >= 0.6 is 0 Å². The van der Waals surface area contributed by atoms with E-state index in [1.165, 1.54) is 71.3 Å². The van der Waals surface area contributed by atoms with Gasteiger partial charge in [-0.15, -0.1) is 0 Å². The Labute approximate surface area is 198 Å². The van der Waals surface area contributed by atoms with Crippen molar-refractivity contribution in [1.29, 1.82) is 0 Å². The second kappa shape index (κ2) is 16.5. The number of unbranched alkanes of at least 4 members (excludes halogenated alkanes) is 13. The topological polar surface area (TPSA) is 123 Å². The van der Waals surface area contributed by atoms with E-state index in [0.717, 1.165) is 31.5 Å². The summed E-state index contributed by atoms with van der Waals surface area (Å²) < 4.78 is 31.3. The van der Waals surface area contributed by atoms with E-state index < -0.39 is 21.9 Å². The van der Waals surface area contributed by atoms with E-state index >= 15 is 0 Å². The molecule has 188 valence electrons. The number of carbonyl (C=O) groups excluding carboxylic acids is 1. The van der Waals surface area contributed by atoms with Gasteiger partial charge in [0, 0.05) is 6.20 Å². The van der Waals surface area contributed by atoms with Gasteiger partial charge >= 0.3 is 5.97 Å². The average molecular weight is 485 g/mol. The molecule has 0 fully saturated rings. The van der Waals surface area contributed by atoms with Gasteiger partial charge < -0.3 is 9.84 Å². The van der Waals surface area contributed by atoms with Crippen LogP contribution in [0.3, 0.4) is 0 Å². The number of hydrogen-bond donors (Lipinski definition) is 2. The summed E-state index contributed by atoms with van der Waals surface area (Å²) in [6.07, 6.45) is 17.4. The minimum absolute atomic E-state index is 0.0821. The van der Waals surface area contributed by atoms with Gasteiger partial charge in [-0.25, -0.2) is 22.9 Å². The van der Waals surface area contributed by atoms with Gasteiger partial charge in [0.25, 0.3) is 5.91 Å². The summed E-state index contributed by atoms with van der Waals surface area (Å²) in [5, 5.41) is 9.03. The van der Waals surface area contributed by atoms with Crippen molar-refractivity contribution in [3.8, 4) is 5.75 Å². The standard InChI is InChI=1S/C24H40N2O6S/c1-3-4-5-6-7-8-9-10-11-12-13-14-15-16-17-33(30,31)26-23(27)20-18-21(32-2)22(24(28)29)25-19-20/h18-19H,3-17H2,1-2H3,(H,26,27)(H,28,29). The van der Waals surface area contributed by atoms with E-state index in [2.05, 4.69) is 11.9 Å². The Morgan fingerprint density at radius 2 is 1.39 bits per heavy atom. The van der Waals surface area contributed by atoms with Crippen molar-refractivity contribution in [2.75, 3.05) is 12.9 Å². The van der Waals surface area contributed by atoms with E-state index in [-0.39, 0.29) is 22.8 Å². The van der Waals surface area contributed by atoms with Crippen LogP contribution in [0.2, 0.25) is 0 Å². The van der Waals surface area contributed by atoms with Crippen molar-refractivity contribution in [2.24, 2.45) is 0 Å². The molecule has 1 amide bonds. The SMILES string of the molecule is CCCCCCCCCCCCCCCCS(=O)(=O)NC(=O)c1cnc(C(=O)O)c(OC)c1. The molecule has 1 rings (SSSR count). The first-order chi connectivity index (χ1) is 15.8. The molecule has 0 unspecified atom stereocenters. The highest BCUT2D eigenvalue weighted by molar-refractivity contribution is 7.90. The lowest BCUT2D eigenvalue weighted by Crippen LogP contribution is -2.32. The van der Waals surface area contributed by atoms with Crippen molar-refractivity contribution in [2.45, 2.75) is 96.8 Å². The number of nitrogens with one attached hydrogen (secondary N) is 1. The molecule has 1 heterocycles. The maximum absolute atomic E-state index is 12.2. The highest BCUT2D eigenvalue weighted by atomic mass is 32.2. The molecule has 8 nitrogen and oxygen atoms in total. The monoisotopic (exact) mass is 484 g/mol. The molecule has 0 bridgehead atoms. The van der Waals surface area contributed by atoms with Gasteiger partial charge in [0.1, 0.15) is 0 Å². The Morgan fingerprint density at radius 1 is 0.909 bits per heavy atom. The van der Waals surface area contributed by atoms with Gasteiger partial charge in [0.2, 0.25) is 10.0 Å². The third kappa shape index (κ3) is 12.6. The van der Waals surface area contributed by atoms with E-state index in [4.69, 9.17) is 9.84 Å². The van der Waals surface area contributed by atoms with Gasteiger partial charge in [-0.3, -0.25) is 4.79 Å².